The second-order valence-electron chi connectivity index (χ2n) is 10.6. The largest absolute Gasteiger partial charge is 0.477 e. The molecule has 0 saturated carbocycles. The number of carbonyl (C=O) groups excluding carboxylic acids is 2. The molecule has 4 rings (SSSR count). The van der Waals surface area contributed by atoms with E-state index in [9.17, 15) is 18.4 Å². The Kier molecular flexibility index (Phi) is 9.35. The summed E-state index contributed by atoms with van der Waals surface area (Å²) < 4.78 is 40.9. The molecule has 2 fully saturated rings. The molecule has 0 radical (unpaired) electrons. The van der Waals surface area contributed by atoms with Gasteiger partial charge in [-0.05, 0) is 52.8 Å². The molecule has 0 spiro atoms. The number of carbonyl (C=O) groups is 2. The van der Waals surface area contributed by atoms with Crippen LogP contribution >= 0.6 is 0 Å². The number of nitrogens with zero attached hydrogens (tertiary/aromatic N) is 6. The highest BCUT2D eigenvalue weighted by atomic mass is 19.3. The van der Waals surface area contributed by atoms with Crippen LogP contribution in [0.15, 0.2) is 24.7 Å². The van der Waals surface area contributed by atoms with E-state index in [1.54, 1.807) is 11.8 Å². The van der Waals surface area contributed by atoms with Crippen LogP contribution in [0.1, 0.15) is 40.0 Å². The molecular weight excluding hydrogens is 540 g/mol. The number of alkyl halides is 2. The number of aromatic nitrogens is 4. The lowest BCUT2D eigenvalue weighted by molar-refractivity contribution is -0.0760. The summed E-state index contributed by atoms with van der Waals surface area (Å²) in [7, 11) is 1.29. The maximum atomic E-state index is 15.0. The van der Waals surface area contributed by atoms with Gasteiger partial charge in [0.05, 0.1) is 19.0 Å². The Morgan fingerprint density at radius 3 is 2.61 bits per heavy atom. The third-order valence-corrected chi connectivity index (χ3v) is 7.37. The fraction of sp³-hybridized carbons (Fsp3) is 0.615. The number of hydrogen-bond acceptors (Lipinski definition) is 10. The van der Waals surface area contributed by atoms with Crippen LogP contribution in [0.2, 0.25) is 0 Å². The standard InChI is InChI=1S/C26H37F2N9O4/c1-5-40-21-15-31-20(14-32-21)34-23(38)36(4)18-16-37(13-9-26(18,27)28)22-30-12-8-19(33-22)35-24(39)41-25(2,3)17-6-10-29-11-7-17/h8,12,14-15,17-18,29H,5-7,9-11,13,16H2,1-4H3,(H,31,34,38)(H,30,33,35,39)/t18-/m0/s1. The van der Waals surface area contributed by atoms with Gasteiger partial charge in [0.1, 0.15) is 17.5 Å². The Balaban J connectivity index is 1.39. The molecule has 2 aromatic heterocycles. The summed E-state index contributed by atoms with van der Waals surface area (Å²) in [6.07, 6.45) is 4.67. The van der Waals surface area contributed by atoms with Crippen LogP contribution in [-0.2, 0) is 4.74 Å². The number of piperidine rings is 2. The van der Waals surface area contributed by atoms with Crippen molar-refractivity contribution in [1.82, 2.24) is 30.2 Å². The fourth-order valence-electron chi connectivity index (χ4n) is 4.95. The summed E-state index contributed by atoms with van der Waals surface area (Å²) in [5, 5.41) is 8.40. The maximum Gasteiger partial charge on any atom is 0.413 e. The third kappa shape index (κ3) is 7.65. The van der Waals surface area contributed by atoms with Gasteiger partial charge in [-0.2, -0.15) is 4.98 Å². The zero-order chi connectivity index (χ0) is 29.6. The zero-order valence-electron chi connectivity index (χ0n) is 23.7. The Hall–Kier alpha value is -3.88. The van der Waals surface area contributed by atoms with Gasteiger partial charge >= 0.3 is 12.1 Å². The first-order chi connectivity index (χ1) is 19.5. The first kappa shape index (κ1) is 30.1. The minimum absolute atomic E-state index is 0.0417. The molecule has 2 saturated heterocycles. The summed E-state index contributed by atoms with van der Waals surface area (Å²) in [6, 6.07) is -0.760. The number of hydrogen-bond donors (Lipinski definition) is 3. The van der Waals surface area contributed by atoms with E-state index < -0.39 is 36.1 Å². The lowest BCUT2D eigenvalue weighted by Crippen LogP contribution is -2.60. The lowest BCUT2D eigenvalue weighted by Gasteiger charge is -2.42. The Morgan fingerprint density at radius 1 is 1.17 bits per heavy atom. The quantitative estimate of drug-likeness (QED) is 0.427. The molecule has 2 aromatic rings. The van der Waals surface area contributed by atoms with Crippen LogP contribution in [0, 0.1) is 5.92 Å². The van der Waals surface area contributed by atoms with E-state index in [2.05, 4.69) is 35.9 Å². The Labute approximate surface area is 237 Å². The fourth-order valence-corrected chi connectivity index (χ4v) is 4.95. The molecule has 3 amide bonds. The molecule has 0 bridgehead atoms. The predicted octanol–water partition coefficient (Wildman–Crippen LogP) is 3.37. The number of urea groups is 1. The van der Waals surface area contributed by atoms with Crippen LogP contribution in [0.4, 0.5) is 36.0 Å². The number of anilines is 3. The molecule has 1 atom stereocenters. The van der Waals surface area contributed by atoms with Crippen LogP contribution in [0.3, 0.4) is 0 Å². The number of halogens is 2. The molecular formula is C26H37F2N9O4. The second-order valence-corrected chi connectivity index (χ2v) is 10.6. The van der Waals surface area contributed by atoms with Crippen molar-refractivity contribution < 1.29 is 27.8 Å². The topological polar surface area (TPSA) is 147 Å². The molecule has 2 aliphatic heterocycles. The summed E-state index contributed by atoms with van der Waals surface area (Å²) in [5.41, 5.74) is -0.671. The van der Waals surface area contributed by atoms with Gasteiger partial charge in [-0.15, -0.1) is 0 Å². The average Bonchev–Trinajstić information content (AvgIpc) is 2.94. The van der Waals surface area contributed by atoms with Crippen molar-refractivity contribution in [2.24, 2.45) is 5.92 Å². The molecule has 0 aliphatic carbocycles. The van der Waals surface area contributed by atoms with Gasteiger partial charge in [-0.3, -0.25) is 10.6 Å². The van der Waals surface area contributed by atoms with E-state index in [1.807, 2.05) is 13.8 Å². The van der Waals surface area contributed by atoms with Gasteiger partial charge in [-0.1, -0.05) is 0 Å². The number of rotatable bonds is 8. The number of ether oxygens (including phenoxy) is 2. The molecule has 2 aliphatic rings. The van der Waals surface area contributed by atoms with Gasteiger partial charge in [0.15, 0.2) is 5.82 Å². The van der Waals surface area contributed by atoms with Crippen LogP contribution < -0.4 is 25.6 Å². The van der Waals surface area contributed by atoms with Gasteiger partial charge in [-0.25, -0.2) is 33.3 Å². The van der Waals surface area contributed by atoms with Crippen LogP contribution in [0.5, 0.6) is 5.88 Å². The van der Waals surface area contributed by atoms with Crippen molar-refractivity contribution in [3.63, 3.8) is 0 Å². The minimum atomic E-state index is -3.16. The zero-order valence-corrected chi connectivity index (χ0v) is 23.7. The SMILES string of the molecule is CCOc1cnc(NC(=O)N(C)[C@H]2CN(c3nccc(NC(=O)OC(C)(C)C4CCNCC4)n3)CCC2(F)F)cn1. The minimum Gasteiger partial charge on any atom is -0.477 e. The van der Waals surface area contributed by atoms with Crippen LogP contribution in [-0.4, -0.2) is 94.4 Å². The summed E-state index contributed by atoms with van der Waals surface area (Å²) in [6.45, 7) is 7.44. The van der Waals surface area contributed by atoms with Crippen molar-refractivity contribution in [2.75, 3.05) is 55.4 Å². The number of nitrogens with one attached hydrogen (secondary N) is 3. The normalized spacial score (nSPS) is 19.3. The van der Waals surface area contributed by atoms with Crippen molar-refractivity contribution in [1.29, 1.82) is 0 Å². The van der Waals surface area contributed by atoms with Gasteiger partial charge < -0.3 is 24.6 Å². The van der Waals surface area contributed by atoms with E-state index in [1.165, 1.54) is 31.7 Å². The van der Waals surface area contributed by atoms with Gasteiger partial charge in [0.2, 0.25) is 11.8 Å². The van der Waals surface area contributed by atoms with E-state index in [0.29, 0.717) is 6.61 Å². The molecule has 3 N–H and O–H groups in total. The van der Waals surface area contributed by atoms with E-state index in [4.69, 9.17) is 9.47 Å². The summed E-state index contributed by atoms with van der Waals surface area (Å²) in [4.78, 5) is 44.6. The highest BCUT2D eigenvalue weighted by Crippen LogP contribution is 2.33. The molecule has 4 heterocycles. The molecule has 41 heavy (non-hydrogen) atoms. The highest BCUT2D eigenvalue weighted by Gasteiger charge is 2.48. The molecule has 13 nitrogen and oxygen atoms in total. The van der Waals surface area contributed by atoms with Gasteiger partial charge in [0, 0.05) is 38.7 Å². The average molecular weight is 578 g/mol. The number of amides is 3. The van der Waals surface area contributed by atoms with E-state index in [-0.39, 0.29) is 42.5 Å². The second kappa shape index (κ2) is 12.7. The van der Waals surface area contributed by atoms with E-state index in [0.717, 1.165) is 30.8 Å². The maximum absolute atomic E-state index is 15.0. The molecule has 15 heteroatoms. The summed E-state index contributed by atoms with van der Waals surface area (Å²) >= 11 is 0. The summed E-state index contributed by atoms with van der Waals surface area (Å²) in [5.74, 6) is -2.24. The van der Waals surface area contributed by atoms with Crippen molar-refractivity contribution in [3.05, 3.63) is 24.7 Å². The van der Waals surface area contributed by atoms with Crippen molar-refractivity contribution in [3.8, 4) is 5.88 Å². The Bertz CT molecular complexity index is 1200. The first-order valence-electron chi connectivity index (χ1n) is 13.6. The molecule has 0 aromatic carbocycles. The monoisotopic (exact) mass is 577 g/mol. The van der Waals surface area contributed by atoms with E-state index >= 15 is 0 Å². The number of likely N-dealkylation sites (N-methyl/N-ethyl adjacent to an activating group) is 1. The smallest absolute Gasteiger partial charge is 0.413 e. The van der Waals surface area contributed by atoms with Gasteiger partial charge in [0.25, 0.3) is 5.92 Å². The lowest BCUT2D eigenvalue weighted by atomic mass is 9.83. The molecule has 0 unspecified atom stereocenters. The third-order valence-electron chi connectivity index (χ3n) is 7.37. The predicted molar refractivity (Wildman–Crippen MR) is 147 cm³/mol. The highest BCUT2D eigenvalue weighted by molar-refractivity contribution is 5.88. The van der Waals surface area contributed by atoms with Crippen molar-refractivity contribution in [2.45, 2.75) is 57.6 Å². The molecule has 224 valence electrons. The Morgan fingerprint density at radius 2 is 1.93 bits per heavy atom. The van der Waals surface area contributed by atoms with Crippen LogP contribution in [0.25, 0.3) is 0 Å². The first-order valence-corrected chi connectivity index (χ1v) is 13.6. The van der Waals surface area contributed by atoms with Crippen molar-refractivity contribution >= 4 is 29.7 Å².